The number of benzene rings is 5. The third-order valence-corrected chi connectivity index (χ3v) is 7.80. The van der Waals surface area contributed by atoms with Gasteiger partial charge in [-0.1, -0.05) is 127 Å². The molecule has 6 aromatic rings. The average molecular weight is 558 g/mol. The quantitative estimate of drug-likeness (QED) is 0.183. The van der Waals surface area contributed by atoms with E-state index < -0.39 is 0 Å². The molecule has 1 atom stereocenters. The summed E-state index contributed by atoms with van der Waals surface area (Å²) in [6.45, 7) is 2.12. The summed E-state index contributed by atoms with van der Waals surface area (Å²) in [5.41, 5.74) is 10.0. The molecule has 0 bridgehead atoms. The predicted molar refractivity (Wildman–Crippen MR) is 177 cm³/mol. The smallest absolute Gasteiger partial charge is 0.226 e. The molecule has 4 heteroatoms. The zero-order chi connectivity index (χ0) is 29.0. The summed E-state index contributed by atoms with van der Waals surface area (Å²) >= 11 is 0. The second-order valence-corrected chi connectivity index (χ2v) is 10.8. The monoisotopic (exact) mass is 557 g/mol. The Bertz CT molecular complexity index is 1890. The maximum atomic E-state index is 6.07. The molecule has 0 aliphatic carbocycles. The second-order valence-electron chi connectivity index (χ2n) is 10.8. The van der Waals surface area contributed by atoms with Crippen molar-refractivity contribution in [2.75, 3.05) is 5.01 Å². The maximum Gasteiger partial charge on any atom is 0.226 e. The van der Waals surface area contributed by atoms with E-state index in [9.17, 15) is 0 Å². The minimum Gasteiger partial charge on any atom is -0.436 e. The van der Waals surface area contributed by atoms with Crippen LogP contribution in [-0.4, -0.2) is 10.7 Å². The summed E-state index contributed by atoms with van der Waals surface area (Å²) in [7, 11) is 0. The van der Waals surface area contributed by atoms with E-state index in [4.69, 9.17) is 9.52 Å². The van der Waals surface area contributed by atoms with Crippen molar-refractivity contribution in [3.05, 3.63) is 167 Å². The minimum atomic E-state index is 0.152. The summed E-state index contributed by atoms with van der Waals surface area (Å²) in [6.07, 6.45) is 6.90. The highest BCUT2D eigenvalue weighted by molar-refractivity contribution is 6.03. The lowest BCUT2D eigenvalue weighted by molar-refractivity contribution is 0.589. The molecule has 0 saturated carbocycles. The van der Waals surface area contributed by atoms with E-state index in [1.165, 1.54) is 16.7 Å². The van der Waals surface area contributed by atoms with E-state index >= 15 is 0 Å². The van der Waals surface area contributed by atoms with Crippen molar-refractivity contribution in [1.29, 1.82) is 0 Å². The number of hydrazone groups is 1. The lowest BCUT2D eigenvalue weighted by Gasteiger charge is -2.24. The molecule has 0 spiro atoms. The molecule has 1 aromatic heterocycles. The first-order valence-electron chi connectivity index (χ1n) is 14.6. The number of anilines is 1. The zero-order valence-corrected chi connectivity index (χ0v) is 24.0. The molecule has 208 valence electrons. The van der Waals surface area contributed by atoms with E-state index in [0.717, 1.165) is 45.8 Å². The van der Waals surface area contributed by atoms with Crippen LogP contribution < -0.4 is 5.01 Å². The Morgan fingerprint density at radius 2 is 1.37 bits per heavy atom. The normalized spacial score (nSPS) is 14.8. The number of hydrogen-bond donors (Lipinski definition) is 0. The van der Waals surface area contributed by atoms with Gasteiger partial charge in [0.1, 0.15) is 0 Å². The Balaban J connectivity index is 1.11. The van der Waals surface area contributed by atoms with Gasteiger partial charge in [0.15, 0.2) is 5.76 Å². The molecular weight excluding hydrogens is 526 g/mol. The minimum absolute atomic E-state index is 0.152. The standard InChI is InChI=1S/C39H31N3O/c1-28-15-21-31(22-16-28)36-26-37(32-10-4-2-5-11-32)42(41-36)35-23-19-29(20-24-35)17-18-30-9-8-14-34(25-30)39-40-27-38(43-39)33-12-6-3-7-13-33/h2-25,27,37H,26H2,1H3. The first kappa shape index (κ1) is 26.4. The first-order chi connectivity index (χ1) is 21.2. The summed E-state index contributed by atoms with van der Waals surface area (Å²) in [4.78, 5) is 4.52. The Labute approximate surface area is 252 Å². The van der Waals surface area contributed by atoms with Gasteiger partial charge in [0.2, 0.25) is 5.89 Å². The highest BCUT2D eigenvalue weighted by atomic mass is 16.4. The number of aromatic nitrogens is 1. The Kier molecular flexibility index (Phi) is 7.24. The Morgan fingerprint density at radius 3 is 2.14 bits per heavy atom. The molecular formula is C39H31N3O. The van der Waals surface area contributed by atoms with Gasteiger partial charge in [-0.3, -0.25) is 5.01 Å². The summed E-state index contributed by atoms with van der Waals surface area (Å²) < 4.78 is 6.07. The van der Waals surface area contributed by atoms with Gasteiger partial charge in [-0.2, -0.15) is 5.10 Å². The van der Waals surface area contributed by atoms with Crippen molar-refractivity contribution in [1.82, 2.24) is 4.98 Å². The fourth-order valence-corrected chi connectivity index (χ4v) is 5.45. The zero-order valence-electron chi connectivity index (χ0n) is 24.0. The third-order valence-electron chi connectivity index (χ3n) is 7.80. The molecule has 0 amide bonds. The molecule has 0 fully saturated rings. The van der Waals surface area contributed by atoms with Crippen LogP contribution in [-0.2, 0) is 0 Å². The summed E-state index contributed by atoms with van der Waals surface area (Å²) in [5.74, 6) is 1.38. The number of hydrogen-bond acceptors (Lipinski definition) is 4. The van der Waals surface area contributed by atoms with E-state index in [1.54, 1.807) is 6.20 Å². The van der Waals surface area contributed by atoms with Gasteiger partial charge in [0.05, 0.1) is 23.6 Å². The van der Waals surface area contributed by atoms with Crippen LogP contribution in [0.25, 0.3) is 34.9 Å². The molecule has 1 aliphatic rings. The van der Waals surface area contributed by atoms with E-state index in [2.05, 4.69) is 120 Å². The summed E-state index contributed by atoms with van der Waals surface area (Å²) in [6, 6.07) is 46.4. The van der Waals surface area contributed by atoms with Gasteiger partial charge in [0.25, 0.3) is 0 Å². The predicted octanol–water partition coefficient (Wildman–Crippen LogP) is 9.84. The van der Waals surface area contributed by atoms with Crippen LogP contribution >= 0.6 is 0 Å². The van der Waals surface area contributed by atoms with Crippen LogP contribution in [0.2, 0.25) is 0 Å². The molecule has 0 radical (unpaired) electrons. The van der Waals surface area contributed by atoms with E-state index in [-0.39, 0.29) is 6.04 Å². The van der Waals surface area contributed by atoms with Crippen molar-refractivity contribution in [3.63, 3.8) is 0 Å². The largest absolute Gasteiger partial charge is 0.436 e. The van der Waals surface area contributed by atoms with Crippen LogP contribution in [0, 0.1) is 6.92 Å². The molecule has 5 aromatic carbocycles. The van der Waals surface area contributed by atoms with Crippen molar-refractivity contribution < 1.29 is 4.42 Å². The third kappa shape index (κ3) is 5.81. The van der Waals surface area contributed by atoms with Gasteiger partial charge >= 0.3 is 0 Å². The number of aryl methyl sites for hydroxylation is 1. The highest BCUT2D eigenvalue weighted by Crippen LogP contribution is 2.37. The summed E-state index contributed by atoms with van der Waals surface area (Å²) in [5, 5.41) is 7.28. The number of rotatable bonds is 7. The lowest BCUT2D eigenvalue weighted by Crippen LogP contribution is -2.18. The van der Waals surface area contributed by atoms with Crippen molar-refractivity contribution >= 4 is 23.6 Å². The van der Waals surface area contributed by atoms with Crippen LogP contribution in [0.4, 0.5) is 5.69 Å². The molecule has 0 saturated heterocycles. The molecule has 7 rings (SSSR count). The molecule has 43 heavy (non-hydrogen) atoms. The van der Waals surface area contributed by atoms with Gasteiger partial charge in [0, 0.05) is 17.5 Å². The van der Waals surface area contributed by atoms with Crippen molar-refractivity contribution in [2.45, 2.75) is 19.4 Å². The maximum absolute atomic E-state index is 6.07. The van der Waals surface area contributed by atoms with Gasteiger partial charge in [-0.05, 0) is 53.4 Å². The topological polar surface area (TPSA) is 41.6 Å². The highest BCUT2D eigenvalue weighted by Gasteiger charge is 2.29. The second kappa shape index (κ2) is 11.8. The van der Waals surface area contributed by atoms with Crippen LogP contribution in [0.5, 0.6) is 0 Å². The van der Waals surface area contributed by atoms with Crippen LogP contribution in [0.3, 0.4) is 0 Å². The molecule has 1 unspecified atom stereocenters. The fraction of sp³-hybridized carbons (Fsp3) is 0.0769. The van der Waals surface area contributed by atoms with Crippen molar-refractivity contribution in [3.8, 4) is 22.8 Å². The Hall–Kier alpha value is -5.48. The van der Waals surface area contributed by atoms with Crippen LogP contribution in [0.1, 0.15) is 40.3 Å². The van der Waals surface area contributed by atoms with Crippen LogP contribution in [0.15, 0.2) is 149 Å². The van der Waals surface area contributed by atoms with E-state index in [0.29, 0.717) is 5.89 Å². The lowest BCUT2D eigenvalue weighted by atomic mass is 9.98. The molecule has 4 nitrogen and oxygen atoms in total. The number of nitrogens with zero attached hydrogens (tertiary/aromatic N) is 3. The fourth-order valence-electron chi connectivity index (χ4n) is 5.45. The molecule has 1 aliphatic heterocycles. The average Bonchev–Trinajstić information content (AvgIpc) is 3.75. The number of oxazole rings is 1. The Morgan fingerprint density at radius 1 is 0.674 bits per heavy atom. The van der Waals surface area contributed by atoms with Crippen molar-refractivity contribution in [2.24, 2.45) is 5.10 Å². The first-order valence-corrected chi connectivity index (χ1v) is 14.6. The van der Waals surface area contributed by atoms with Gasteiger partial charge in [-0.15, -0.1) is 0 Å². The molecule has 2 heterocycles. The van der Waals surface area contributed by atoms with E-state index in [1.807, 2.05) is 42.5 Å². The van der Waals surface area contributed by atoms with Gasteiger partial charge < -0.3 is 4.42 Å². The molecule has 0 N–H and O–H groups in total. The SMILES string of the molecule is Cc1ccc(C2=NN(c3ccc(C=Cc4cccc(-c5ncc(-c6ccccc6)o5)c4)cc3)C(c3ccccc3)C2)cc1. The van der Waals surface area contributed by atoms with Gasteiger partial charge in [-0.25, -0.2) is 4.98 Å².